The molecule has 0 aromatic heterocycles. The van der Waals surface area contributed by atoms with Gasteiger partial charge in [0.25, 0.3) is 0 Å². The van der Waals surface area contributed by atoms with Gasteiger partial charge in [-0.1, -0.05) is 23.7 Å². The Hall–Kier alpha value is -1.02. The van der Waals surface area contributed by atoms with Crippen LogP contribution in [0.15, 0.2) is 18.2 Å². The summed E-state index contributed by atoms with van der Waals surface area (Å²) in [7, 11) is 0. The lowest BCUT2D eigenvalue weighted by atomic mass is 10.1. The molecule has 14 heavy (non-hydrogen) atoms. The van der Waals surface area contributed by atoms with E-state index in [1.807, 2.05) is 6.07 Å². The first kappa shape index (κ1) is 11.1. The fourth-order valence-corrected chi connectivity index (χ4v) is 1.52. The maximum atomic E-state index is 10.1. The number of benzene rings is 1. The SMILES string of the molecule is O=CCCCCc1cccc(O)c1Cl. The van der Waals surface area contributed by atoms with Crippen LogP contribution in [0.4, 0.5) is 0 Å². The molecule has 0 aliphatic rings. The average molecular weight is 213 g/mol. The Bertz CT molecular complexity index is 310. The molecule has 1 rings (SSSR count). The minimum atomic E-state index is 0.125. The number of unbranched alkanes of at least 4 members (excludes halogenated alkanes) is 2. The van der Waals surface area contributed by atoms with Gasteiger partial charge in [0.2, 0.25) is 0 Å². The first-order chi connectivity index (χ1) is 6.75. The summed E-state index contributed by atoms with van der Waals surface area (Å²) in [5, 5.41) is 9.74. The lowest BCUT2D eigenvalue weighted by Crippen LogP contribution is -1.87. The van der Waals surface area contributed by atoms with Crippen LogP contribution in [0.1, 0.15) is 24.8 Å². The summed E-state index contributed by atoms with van der Waals surface area (Å²) >= 11 is 5.89. The van der Waals surface area contributed by atoms with E-state index in [1.54, 1.807) is 12.1 Å². The quantitative estimate of drug-likeness (QED) is 0.602. The Balaban J connectivity index is 2.50. The molecular weight excluding hydrogens is 200 g/mol. The van der Waals surface area contributed by atoms with Gasteiger partial charge in [-0.25, -0.2) is 0 Å². The maximum absolute atomic E-state index is 10.1. The van der Waals surface area contributed by atoms with E-state index < -0.39 is 0 Å². The highest BCUT2D eigenvalue weighted by Crippen LogP contribution is 2.27. The van der Waals surface area contributed by atoms with Crippen molar-refractivity contribution in [1.82, 2.24) is 0 Å². The summed E-state index contributed by atoms with van der Waals surface area (Å²) in [6.07, 6.45) is 4.11. The zero-order chi connectivity index (χ0) is 10.4. The number of phenols is 1. The molecule has 0 radical (unpaired) electrons. The molecule has 0 saturated carbocycles. The molecule has 0 bridgehead atoms. The van der Waals surface area contributed by atoms with E-state index in [-0.39, 0.29) is 5.75 Å². The van der Waals surface area contributed by atoms with E-state index in [9.17, 15) is 9.90 Å². The topological polar surface area (TPSA) is 37.3 Å². The van der Waals surface area contributed by atoms with Crippen molar-refractivity contribution in [3.05, 3.63) is 28.8 Å². The van der Waals surface area contributed by atoms with Crippen molar-refractivity contribution >= 4 is 17.9 Å². The van der Waals surface area contributed by atoms with E-state index in [2.05, 4.69) is 0 Å². The molecule has 2 nitrogen and oxygen atoms in total. The van der Waals surface area contributed by atoms with Crippen molar-refractivity contribution in [2.45, 2.75) is 25.7 Å². The Kier molecular flexibility index (Phi) is 4.47. The van der Waals surface area contributed by atoms with Crippen molar-refractivity contribution < 1.29 is 9.90 Å². The van der Waals surface area contributed by atoms with Crippen LogP contribution < -0.4 is 0 Å². The zero-order valence-electron chi connectivity index (χ0n) is 7.87. The molecule has 1 aromatic carbocycles. The van der Waals surface area contributed by atoms with Gasteiger partial charge < -0.3 is 9.90 Å². The third-order valence-corrected chi connectivity index (χ3v) is 2.51. The number of hydrogen-bond acceptors (Lipinski definition) is 2. The molecule has 0 amide bonds. The van der Waals surface area contributed by atoms with Gasteiger partial charge in [0.05, 0.1) is 5.02 Å². The lowest BCUT2D eigenvalue weighted by molar-refractivity contribution is -0.107. The molecule has 0 spiro atoms. The molecule has 1 N–H and O–H groups in total. The Labute approximate surface area is 88.5 Å². The van der Waals surface area contributed by atoms with Crippen molar-refractivity contribution in [3.63, 3.8) is 0 Å². The Morgan fingerprint density at radius 1 is 1.36 bits per heavy atom. The van der Waals surface area contributed by atoms with Gasteiger partial charge in [0.15, 0.2) is 0 Å². The summed E-state index contributed by atoms with van der Waals surface area (Å²) < 4.78 is 0. The van der Waals surface area contributed by atoms with E-state index >= 15 is 0 Å². The Morgan fingerprint density at radius 3 is 2.86 bits per heavy atom. The van der Waals surface area contributed by atoms with Crippen LogP contribution in [0.5, 0.6) is 5.75 Å². The lowest BCUT2D eigenvalue weighted by Gasteiger charge is -2.04. The van der Waals surface area contributed by atoms with E-state index in [0.717, 1.165) is 31.1 Å². The number of aromatic hydroxyl groups is 1. The molecule has 0 fully saturated rings. The van der Waals surface area contributed by atoms with E-state index in [0.29, 0.717) is 11.4 Å². The molecule has 0 aliphatic heterocycles. The number of halogens is 1. The molecule has 0 saturated heterocycles. The normalized spacial score (nSPS) is 10.1. The van der Waals surface area contributed by atoms with E-state index in [1.165, 1.54) is 0 Å². The molecule has 76 valence electrons. The zero-order valence-corrected chi connectivity index (χ0v) is 8.63. The summed E-state index contributed by atoms with van der Waals surface area (Å²) in [6.45, 7) is 0. The standard InChI is InChI=1S/C11H13ClO2/c12-11-9(5-2-1-3-8-13)6-4-7-10(11)14/h4,6-8,14H,1-3,5H2. The highest BCUT2D eigenvalue weighted by molar-refractivity contribution is 6.32. The number of carbonyl (C=O) groups excluding carboxylic acids is 1. The molecule has 0 heterocycles. The molecule has 0 unspecified atom stereocenters. The van der Waals surface area contributed by atoms with Crippen molar-refractivity contribution in [3.8, 4) is 5.75 Å². The fourth-order valence-electron chi connectivity index (χ4n) is 1.30. The second-order valence-electron chi connectivity index (χ2n) is 3.16. The number of phenolic OH excluding ortho intramolecular Hbond substituents is 1. The van der Waals surface area contributed by atoms with Crippen LogP contribution in [-0.4, -0.2) is 11.4 Å². The number of rotatable bonds is 5. The van der Waals surface area contributed by atoms with Crippen LogP contribution >= 0.6 is 11.6 Å². The highest BCUT2D eigenvalue weighted by atomic mass is 35.5. The van der Waals surface area contributed by atoms with Crippen LogP contribution in [0.25, 0.3) is 0 Å². The molecule has 0 atom stereocenters. The maximum Gasteiger partial charge on any atom is 0.134 e. The summed E-state index contributed by atoms with van der Waals surface area (Å²) in [6, 6.07) is 5.23. The second kappa shape index (κ2) is 5.66. The molecular formula is C11H13ClO2. The van der Waals surface area contributed by atoms with Crippen LogP contribution in [0.3, 0.4) is 0 Å². The van der Waals surface area contributed by atoms with Gasteiger partial charge in [-0.3, -0.25) is 0 Å². The first-order valence-corrected chi connectivity index (χ1v) is 5.03. The van der Waals surface area contributed by atoms with Crippen LogP contribution in [0, 0.1) is 0 Å². The van der Waals surface area contributed by atoms with Gasteiger partial charge >= 0.3 is 0 Å². The van der Waals surface area contributed by atoms with Crippen molar-refractivity contribution in [2.24, 2.45) is 0 Å². The minimum absolute atomic E-state index is 0.125. The predicted octanol–water partition coefficient (Wildman–Crippen LogP) is 2.96. The van der Waals surface area contributed by atoms with Gasteiger partial charge in [-0.05, 0) is 30.9 Å². The number of aryl methyl sites for hydroxylation is 1. The number of aldehydes is 1. The third-order valence-electron chi connectivity index (χ3n) is 2.08. The summed E-state index contributed by atoms with van der Waals surface area (Å²) in [4.78, 5) is 10.1. The molecule has 1 aromatic rings. The second-order valence-corrected chi connectivity index (χ2v) is 3.54. The van der Waals surface area contributed by atoms with Gasteiger partial charge in [-0.2, -0.15) is 0 Å². The largest absolute Gasteiger partial charge is 0.506 e. The number of hydrogen-bond donors (Lipinski definition) is 1. The van der Waals surface area contributed by atoms with Crippen LogP contribution in [0.2, 0.25) is 5.02 Å². The molecule has 3 heteroatoms. The van der Waals surface area contributed by atoms with Crippen molar-refractivity contribution in [1.29, 1.82) is 0 Å². The van der Waals surface area contributed by atoms with Gasteiger partial charge in [-0.15, -0.1) is 0 Å². The van der Waals surface area contributed by atoms with Gasteiger partial charge in [0, 0.05) is 6.42 Å². The van der Waals surface area contributed by atoms with Crippen LogP contribution in [-0.2, 0) is 11.2 Å². The molecule has 0 aliphatic carbocycles. The van der Waals surface area contributed by atoms with Crippen molar-refractivity contribution in [2.75, 3.05) is 0 Å². The Morgan fingerprint density at radius 2 is 2.14 bits per heavy atom. The predicted molar refractivity (Wildman–Crippen MR) is 56.7 cm³/mol. The highest BCUT2D eigenvalue weighted by Gasteiger charge is 2.03. The summed E-state index contributed by atoms with van der Waals surface area (Å²) in [5.74, 6) is 0.125. The number of carbonyl (C=O) groups is 1. The minimum Gasteiger partial charge on any atom is -0.506 e. The van der Waals surface area contributed by atoms with E-state index in [4.69, 9.17) is 11.6 Å². The fraction of sp³-hybridized carbons (Fsp3) is 0.364. The average Bonchev–Trinajstić information content (AvgIpc) is 2.19. The third kappa shape index (κ3) is 3.04. The smallest absolute Gasteiger partial charge is 0.134 e. The van der Waals surface area contributed by atoms with Gasteiger partial charge in [0.1, 0.15) is 12.0 Å². The summed E-state index contributed by atoms with van der Waals surface area (Å²) in [5.41, 5.74) is 0.942. The first-order valence-electron chi connectivity index (χ1n) is 4.65. The monoisotopic (exact) mass is 212 g/mol.